The van der Waals surface area contributed by atoms with Crippen molar-refractivity contribution in [1.29, 1.82) is 0 Å². The van der Waals surface area contributed by atoms with Gasteiger partial charge in [0.25, 0.3) is 0 Å². The Labute approximate surface area is 98.3 Å². The molecule has 0 amide bonds. The fourth-order valence-corrected chi connectivity index (χ4v) is 2.21. The highest BCUT2D eigenvalue weighted by molar-refractivity contribution is 7.98. The second-order valence-electron chi connectivity index (χ2n) is 3.22. The summed E-state index contributed by atoms with van der Waals surface area (Å²) in [5.41, 5.74) is 1.16. The average molecular weight is 235 g/mol. The highest BCUT2D eigenvalue weighted by Crippen LogP contribution is 2.22. The maximum atomic E-state index is 4.25. The minimum atomic E-state index is 0.830. The van der Waals surface area contributed by atoms with Crippen molar-refractivity contribution in [2.45, 2.75) is 10.9 Å². The smallest absolute Gasteiger partial charge is 0.186 e. The van der Waals surface area contributed by atoms with Crippen LogP contribution in [-0.4, -0.2) is 26.8 Å². The SMILES string of the molecule is CNc1ncccc1CSc1ncnn1C. The minimum Gasteiger partial charge on any atom is -0.373 e. The van der Waals surface area contributed by atoms with Crippen molar-refractivity contribution in [3.05, 3.63) is 30.2 Å². The second kappa shape index (κ2) is 4.98. The molecular weight excluding hydrogens is 222 g/mol. The van der Waals surface area contributed by atoms with E-state index in [-0.39, 0.29) is 0 Å². The molecule has 2 rings (SSSR count). The summed E-state index contributed by atoms with van der Waals surface area (Å²) in [6, 6.07) is 4.00. The van der Waals surface area contributed by atoms with Crippen LogP contribution in [0, 0.1) is 0 Å². The van der Waals surface area contributed by atoms with E-state index in [1.165, 1.54) is 0 Å². The molecule has 6 heteroatoms. The molecule has 0 saturated carbocycles. The van der Waals surface area contributed by atoms with Gasteiger partial charge in [0, 0.05) is 31.6 Å². The van der Waals surface area contributed by atoms with Gasteiger partial charge in [0.15, 0.2) is 5.16 Å². The van der Waals surface area contributed by atoms with Gasteiger partial charge in [0.2, 0.25) is 0 Å². The first-order valence-corrected chi connectivity index (χ1v) is 5.88. The molecule has 2 aromatic heterocycles. The molecule has 0 atom stereocenters. The Kier molecular flexibility index (Phi) is 3.40. The van der Waals surface area contributed by atoms with E-state index < -0.39 is 0 Å². The summed E-state index contributed by atoms with van der Waals surface area (Å²) in [5, 5.41) is 8.01. The van der Waals surface area contributed by atoms with Crippen LogP contribution >= 0.6 is 11.8 Å². The first kappa shape index (κ1) is 10.9. The number of anilines is 1. The fraction of sp³-hybridized carbons (Fsp3) is 0.300. The summed E-state index contributed by atoms with van der Waals surface area (Å²) in [5.74, 6) is 1.74. The lowest BCUT2D eigenvalue weighted by Gasteiger charge is -2.06. The molecule has 16 heavy (non-hydrogen) atoms. The Balaban J connectivity index is 2.07. The lowest BCUT2D eigenvalue weighted by Crippen LogP contribution is -1.98. The third kappa shape index (κ3) is 2.33. The molecule has 0 saturated heterocycles. The van der Waals surface area contributed by atoms with Crippen molar-refractivity contribution >= 4 is 17.6 Å². The van der Waals surface area contributed by atoms with Crippen LogP contribution in [0.5, 0.6) is 0 Å². The van der Waals surface area contributed by atoms with Crippen LogP contribution in [0.1, 0.15) is 5.56 Å². The lowest BCUT2D eigenvalue weighted by atomic mass is 10.3. The van der Waals surface area contributed by atoms with Crippen LogP contribution in [0.3, 0.4) is 0 Å². The van der Waals surface area contributed by atoms with E-state index in [4.69, 9.17) is 0 Å². The fourth-order valence-electron chi connectivity index (χ4n) is 1.34. The molecule has 0 aliphatic heterocycles. The van der Waals surface area contributed by atoms with Crippen molar-refractivity contribution in [2.75, 3.05) is 12.4 Å². The summed E-state index contributed by atoms with van der Waals surface area (Å²) in [6.07, 6.45) is 3.34. The van der Waals surface area contributed by atoms with E-state index in [0.29, 0.717) is 0 Å². The van der Waals surface area contributed by atoms with Gasteiger partial charge in [0.05, 0.1) is 0 Å². The Bertz CT molecular complexity index is 468. The number of nitrogens with zero attached hydrogens (tertiary/aromatic N) is 4. The van der Waals surface area contributed by atoms with Gasteiger partial charge in [-0.05, 0) is 6.07 Å². The number of aromatic nitrogens is 4. The van der Waals surface area contributed by atoms with Crippen molar-refractivity contribution in [1.82, 2.24) is 19.7 Å². The van der Waals surface area contributed by atoms with Gasteiger partial charge < -0.3 is 5.32 Å². The van der Waals surface area contributed by atoms with E-state index in [1.54, 1.807) is 29.0 Å². The molecule has 0 aliphatic carbocycles. The molecule has 0 aliphatic rings. The van der Waals surface area contributed by atoms with Gasteiger partial charge >= 0.3 is 0 Å². The zero-order valence-corrected chi connectivity index (χ0v) is 10.0. The van der Waals surface area contributed by atoms with Crippen LogP contribution in [0.15, 0.2) is 29.8 Å². The van der Waals surface area contributed by atoms with Gasteiger partial charge in [0.1, 0.15) is 12.1 Å². The molecule has 0 fully saturated rings. The molecule has 0 bridgehead atoms. The number of hydrogen-bond acceptors (Lipinski definition) is 5. The molecular formula is C10H13N5S. The molecule has 0 aromatic carbocycles. The number of pyridine rings is 1. The molecule has 0 spiro atoms. The third-order valence-electron chi connectivity index (χ3n) is 2.15. The monoisotopic (exact) mass is 235 g/mol. The number of nitrogens with one attached hydrogen (secondary N) is 1. The van der Waals surface area contributed by atoms with Crippen molar-refractivity contribution in [2.24, 2.45) is 7.05 Å². The first-order valence-electron chi connectivity index (χ1n) is 4.89. The molecule has 1 N–H and O–H groups in total. The van der Waals surface area contributed by atoms with Crippen LogP contribution in [0.2, 0.25) is 0 Å². The molecule has 84 valence electrons. The minimum absolute atomic E-state index is 0.830. The van der Waals surface area contributed by atoms with Crippen LogP contribution in [-0.2, 0) is 12.8 Å². The standard InChI is InChI=1S/C10H13N5S/c1-11-9-8(4-3-5-12-9)6-16-10-13-7-14-15(10)2/h3-5,7H,6H2,1-2H3,(H,11,12). The van der Waals surface area contributed by atoms with Gasteiger partial charge in [-0.15, -0.1) is 0 Å². The highest BCUT2D eigenvalue weighted by Gasteiger charge is 2.05. The van der Waals surface area contributed by atoms with E-state index >= 15 is 0 Å². The van der Waals surface area contributed by atoms with E-state index in [0.717, 1.165) is 22.3 Å². The van der Waals surface area contributed by atoms with Gasteiger partial charge in [-0.3, -0.25) is 0 Å². The predicted octanol–water partition coefficient (Wildman–Crippen LogP) is 1.54. The van der Waals surface area contributed by atoms with E-state index in [2.05, 4.69) is 26.4 Å². The zero-order valence-electron chi connectivity index (χ0n) is 9.21. The Hall–Kier alpha value is -1.56. The number of thioether (sulfide) groups is 1. The van der Waals surface area contributed by atoms with E-state index in [1.807, 2.05) is 20.2 Å². The van der Waals surface area contributed by atoms with Crippen LogP contribution in [0.4, 0.5) is 5.82 Å². The van der Waals surface area contributed by atoms with Crippen molar-refractivity contribution in [3.8, 4) is 0 Å². The average Bonchev–Trinajstić information content (AvgIpc) is 2.72. The normalized spacial score (nSPS) is 10.4. The largest absolute Gasteiger partial charge is 0.373 e. The number of aryl methyl sites for hydroxylation is 1. The third-order valence-corrected chi connectivity index (χ3v) is 3.24. The zero-order chi connectivity index (χ0) is 11.4. The summed E-state index contributed by atoms with van der Waals surface area (Å²) in [4.78, 5) is 8.41. The number of rotatable bonds is 4. The Morgan fingerprint density at radius 3 is 3.00 bits per heavy atom. The van der Waals surface area contributed by atoms with Crippen LogP contribution < -0.4 is 5.32 Å². The summed E-state index contributed by atoms with van der Waals surface area (Å²) < 4.78 is 1.76. The summed E-state index contributed by atoms with van der Waals surface area (Å²) in [7, 11) is 3.76. The maximum absolute atomic E-state index is 4.25. The maximum Gasteiger partial charge on any atom is 0.186 e. The van der Waals surface area contributed by atoms with Gasteiger partial charge in [-0.2, -0.15) is 5.10 Å². The molecule has 5 nitrogen and oxygen atoms in total. The Morgan fingerprint density at radius 2 is 2.31 bits per heavy atom. The van der Waals surface area contributed by atoms with Crippen molar-refractivity contribution in [3.63, 3.8) is 0 Å². The van der Waals surface area contributed by atoms with E-state index in [9.17, 15) is 0 Å². The van der Waals surface area contributed by atoms with Crippen molar-refractivity contribution < 1.29 is 0 Å². The van der Waals surface area contributed by atoms with Gasteiger partial charge in [-0.25, -0.2) is 14.6 Å². The Morgan fingerprint density at radius 1 is 1.44 bits per heavy atom. The molecule has 2 heterocycles. The lowest BCUT2D eigenvalue weighted by molar-refractivity contribution is 0.685. The quantitative estimate of drug-likeness (QED) is 0.815. The number of hydrogen-bond donors (Lipinski definition) is 1. The molecule has 0 unspecified atom stereocenters. The van der Waals surface area contributed by atoms with Crippen LogP contribution in [0.25, 0.3) is 0 Å². The predicted molar refractivity (Wildman–Crippen MR) is 64.3 cm³/mol. The summed E-state index contributed by atoms with van der Waals surface area (Å²) in [6.45, 7) is 0. The topological polar surface area (TPSA) is 55.6 Å². The first-order chi connectivity index (χ1) is 7.81. The molecule has 2 aromatic rings. The summed E-state index contributed by atoms with van der Waals surface area (Å²) >= 11 is 1.65. The van der Waals surface area contributed by atoms with Gasteiger partial charge in [-0.1, -0.05) is 17.8 Å². The molecule has 0 radical (unpaired) electrons. The highest BCUT2D eigenvalue weighted by atomic mass is 32.2. The second-order valence-corrected chi connectivity index (χ2v) is 4.16.